The van der Waals surface area contributed by atoms with Crippen LogP contribution in [-0.4, -0.2) is 5.11 Å². The molecule has 0 unspecified atom stereocenters. The van der Waals surface area contributed by atoms with Crippen LogP contribution in [0.25, 0.3) is 0 Å². The van der Waals surface area contributed by atoms with Crippen LogP contribution in [0.1, 0.15) is 12.0 Å². The van der Waals surface area contributed by atoms with E-state index in [-0.39, 0.29) is 5.75 Å². The number of benzene rings is 1. The van der Waals surface area contributed by atoms with Crippen LogP contribution in [0.4, 0.5) is 13.2 Å². The Kier molecular flexibility index (Phi) is 2.03. The molecule has 1 rings (SSSR count). The van der Waals surface area contributed by atoms with Gasteiger partial charge in [0.25, 0.3) is 6.43 Å². The molecular formula is C7H5F3O. The van der Waals surface area contributed by atoms with Crippen LogP contribution in [0.3, 0.4) is 0 Å². The van der Waals surface area contributed by atoms with E-state index < -0.39 is 17.8 Å². The van der Waals surface area contributed by atoms with Gasteiger partial charge in [-0.25, -0.2) is 13.2 Å². The SMILES string of the molecule is Oc1ccc(C(F)F)c(F)c1. The minimum absolute atomic E-state index is 0.355. The lowest BCUT2D eigenvalue weighted by Gasteiger charge is -2.00. The summed E-state index contributed by atoms with van der Waals surface area (Å²) < 4.78 is 36.1. The molecule has 1 aromatic rings. The molecule has 0 aliphatic rings. The molecule has 1 nitrogen and oxygen atoms in total. The van der Waals surface area contributed by atoms with Crippen LogP contribution in [-0.2, 0) is 0 Å². The van der Waals surface area contributed by atoms with Crippen LogP contribution in [0.5, 0.6) is 5.75 Å². The highest BCUT2D eigenvalue weighted by Gasteiger charge is 2.12. The lowest BCUT2D eigenvalue weighted by Crippen LogP contribution is -1.88. The molecule has 0 amide bonds. The van der Waals surface area contributed by atoms with Crippen LogP contribution in [0.15, 0.2) is 18.2 Å². The van der Waals surface area contributed by atoms with Gasteiger partial charge in [0.2, 0.25) is 0 Å². The second-order valence-electron chi connectivity index (χ2n) is 2.01. The minimum atomic E-state index is -2.84. The van der Waals surface area contributed by atoms with E-state index in [1.54, 1.807) is 0 Å². The lowest BCUT2D eigenvalue weighted by atomic mass is 10.2. The van der Waals surface area contributed by atoms with Crippen molar-refractivity contribution >= 4 is 0 Å². The minimum Gasteiger partial charge on any atom is -0.508 e. The molecular weight excluding hydrogens is 157 g/mol. The van der Waals surface area contributed by atoms with Gasteiger partial charge in [-0.3, -0.25) is 0 Å². The lowest BCUT2D eigenvalue weighted by molar-refractivity contribution is 0.146. The van der Waals surface area contributed by atoms with Gasteiger partial charge in [0, 0.05) is 6.07 Å². The van der Waals surface area contributed by atoms with Gasteiger partial charge in [-0.15, -0.1) is 0 Å². The Labute approximate surface area is 61.1 Å². The normalized spacial score (nSPS) is 10.5. The fourth-order valence-electron chi connectivity index (χ4n) is 0.693. The summed E-state index contributed by atoms with van der Waals surface area (Å²) in [6.45, 7) is 0. The summed E-state index contributed by atoms with van der Waals surface area (Å²) in [6.07, 6.45) is -2.84. The van der Waals surface area contributed by atoms with E-state index in [4.69, 9.17) is 5.11 Å². The third-order valence-corrected chi connectivity index (χ3v) is 1.22. The molecule has 0 radical (unpaired) electrons. The number of hydrogen-bond acceptors (Lipinski definition) is 1. The zero-order chi connectivity index (χ0) is 8.43. The number of halogens is 3. The highest BCUT2D eigenvalue weighted by atomic mass is 19.3. The summed E-state index contributed by atoms with van der Waals surface area (Å²) in [4.78, 5) is 0. The molecule has 0 aliphatic heterocycles. The highest BCUT2D eigenvalue weighted by molar-refractivity contribution is 5.28. The van der Waals surface area contributed by atoms with Gasteiger partial charge in [-0.05, 0) is 12.1 Å². The van der Waals surface area contributed by atoms with Crippen molar-refractivity contribution in [2.75, 3.05) is 0 Å². The van der Waals surface area contributed by atoms with E-state index in [9.17, 15) is 13.2 Å². The third kappa shape index (κ3) is 1.63. The van der Waals surface area contributed by atoms with E-state index in [1.165, 1.54) is 0 Å². The number of aromatic hydroxyl groups is 1. The highest BCUT2D eigenvalue weighted by Crippen LogP contribution is 2.24. The molecule has 0 saturated carbocycles. The van der Waals surface area contributed by atoms with Gasteiger partial charge < -0.3 is 5.11 Å². The number of phenols is 1. The Morgan fingerprint density at radius 3 is 2.36 bits per heavy atom. The zero-order valence-electron chi connectivity index (χ0n) is 5.39. The monoisotopic (exact) mass is 162 g/mol. The van der Waals surface area contributed by atoms with Gasteiger partial charge in [0.15, 0.2) is 0 Å². The van der Waals surface area contributed by atoms with Gasteiger partial charge in [0.1, 0.15) is 11.6 Å². The maximum absolute atomic E-state index is 12.5. The van der Waals surface area contributed by atoms with Crippen molar-refractivity contribution in [3.05, 3.63) is 29.6 Å². The Morgan fingerprint density at radius 2 is 1.91 bits per heavy atom. The smallest absolute Gasteiger partial charge is 0.266 e. The van der Waals surface area contributed by atoms with E-state index >= 15 is 0 Å². The van der Waals surface area contributed by atoms with Crippen LogP contribution in [0, 0.1) is 5.82 Å². The topological polar surface area (TPSA) is 20.2 Å². The molecule has 0 aliphatic carbocycles. The largest absolute Gasteiger partial charge is 0.508 e. The summed E-state index contributed by atoms with van der Waals surface area (Å²) in [5, 5.41) is 8.63. The maximum atomic E-state index is 12.5. The van der Waals surface area contributed by atoms with E-state index in [2.05, 4.69) is 0 Å². The van der Waals surface area contributed by atoms with Crippen molar-refractivity contribution in [2.24, 2.45) is 0 Å². The molecule has 4 heteroatoms. The first kappa shape index (κ1) is 7.91. The van der Waals surface area contributed by atoms with Crippen molar-refractivity contribution in [3.8, 4) is 5.75 Å². The fourth-order valence-corrected chi connectivity index (χ4v) is 0.693. The van der Waals surface area contributed by atoms with Gasteiger partial charge in [-0.1, -0.05) is 0 Å². The number of phenolic OH excluding ortho intramolecular Hbond substituents is 1. The van der Waals surface area contributed by atoms with E-state index in [0.717, 1.165) is 12.1 Å². The third-order valence-electron chi connectivity index (χ3n) is 1.22. The molecule has 1 N–H and O–H groups in total. The maximum Gasteiger partial charge on any atom is 0.266 e. The van der Waals surface area contributed by atoms with Gasteiger partial charge in [-0.2, -0.15) is 0 Å². The average Bonchev–Trinajstić information content (AvgIpc) is 1.85. The van der Waals surface area contributed by atoms with Crippen LogP contribution in [0.2, 0.25) is 0 Å². The van der Waals surface area contributed by atoms with Gasteiger partial charge in [0.05, 0.1) is 5.56 Å². The van der Waals surface area contributed by atoms with E-state index in [0.29, 0.717) is 6.07 Å². The van der Waals surface area contributed by atoms with Crippen molar-refractivity contribution in [2.45, 2.75) is 6.43 Å². The summed E-state index contributed by atoms with van der Waals surface area (Å²) >= 11 is 0. The van der Waals surface area contributed by atoms with Crippen molar-refractivity contribution in [3.63, 3.8) is 0 Å². The number of hydrogen-bond donors (Lipinski definition) is 1. The first-order valence-electron chi connectivity index (χ1n) is 2.88. The Balaban J connectivity index is 3.09. The molecule has 0 aromatic heterocycles. The summed E-state index contributed by atoms with van der Waals surface area (Å²) in [5.74, 6) is -1.44. The second kappa shape index (κ2) is 2.82. The van der Waals surface area contributed by atoms with Crippen molar-refractivity contribution in [1.82, 2.24) is 0 Å². The summed E-state index contributed by atoms with van der Waals surface area (Å²) in [5.41, 5.74) is -0.692. The van der Waals surface area contributed by atoms with Crippen LogP contribution >= 0.6 is 0 Å². The first-order valence-corrected chi connectivity index (χ1v) is 2.88. The summed E-state index contributed by atoms with van der Waals surface area (Å²) in [7, 11) is 0. The Morgan fingerprint density at radius 1 is 1.27 bits per heavy atom. The molecule has 60 valence electrons. The first-order chi connectivity index (χ1) is 5.11. The van der Waals surface area contributed by atoms with E-state index in [1.807, 2.05) is 0 Å². The Hall–Kier alpha value is -1.19. The molecule has 0 spiro atoms. The van der Waals surface area contributed by atoms with Crippen LogP contribution < -0.4 is 0 Å². The van der Waals surface area contributed by atoms with Gasteiger partial charge >= 0.3 is 0 Å². The predicted molar refractivity (Wildman–Crippen MR) is 33.0 cm³/mol. The quantitative estimate of drug-likeness (QED) is 0.672. The average molecular weight is 162 g/mol. The van der Waals surface area contributed by atoms with Crippen molar-refractivity contribution in [1.29, 1.82) is 0 Å². The second-order valence-corrected chi connectivity index (χ2v) is 2.01. The molecule has 11 heavy (non-hydrogen) atoms. The van der Waals surface area contributed by atoms with Crippen molar-refractivity contribution < 1.29 is 18.3 Å². The number of alkyl halides is 2. The summed E-state index contributed by atoms with van der Waals surface area (Å²) in [6, 6.07) is 2.53. The standard InChI is InChI=1S/C7H5F3O/c8-6-3-4(11)1-2-5(6)7(9)10/h1-3,7,11H. The zero-order valence-corrected chi connectivity index (χ0v) is 5.39. The molecule has 0 heterocycles. The number of rotatable bonds is 1. The molecule has 0 atom stereocenters. The molecule has 0 fully saturated rings. The predicted octanol–water partition coefficient (Wildman–Crippen LogP) is 2.47. The Bertz CT molecular complexity index is 260. The molecule has 0 bridgehead atoms. The fraction of sp³-hybridized carbons (Fsp3) is 0.143. The molecule has 1 aromatic carbocycles. The molecule has 0 saturated heterocycles.